The second kappa shape index (κ2) is 11.8. The molecule has 210 valence electrons. The summed E-state index contributed by atoms with van der Waals surface area (Å²) in [5, 5.41) is 13.3. The number of ether oxygens (including phenoxy) is 1. The van der Waals surface area contributed by atoms with Gasteiger partial charge in [0, 0.05) is 48.9 Å². The van der Waals surface area contributed by atoms with Crippen LogP contribution in [0.25, 0.3) is 10.9 Å². The van der Waals surface area contributed by atoms with Gasteiger partial charge in [0.1, 0.15) is 35.7 Å². The SMILES string of the molecule is CC(C)(C)n1cc(C(=O)NC2CCN(C[C@H](O)COc3ccc(Cl)c(F)c3)CC2)c(=O)c2cc(F)c(Cl)cc21. The second-order valence-corrected chi connectivity index (χ2v) is 11.6. The number of hydrogen-bond acceptors (Lipinski definition) is 5. The molecular weight excluding hydrogens is 551 g/mol. The molecule has 0 unspecified atom stereocenters. The maximum Gasteiger partial charge on any atom is 0.256 e. The number of pyridine rings is 1. The minimum Gasteiger partial charge on any atom is -0.491 e. The van der Waals surface area contributed by atoms with Crippen LogP contribution in [0.4, 0.5) is 8.78 Å². The predicted octanol–water partition coefficient (Wildman–Crippen LogP) is 4.98. The zero-order valence-electron chi connectivity index (χ0n) is 21.9. The van der Waals surface area contributed by atoms with Gasteiger partial charge in [-0.3, -0.25) is 9.59 Å². The van der Waals surface area contributed by atoms with Crippen molar-refractivity contribution < 1.29 is 23.4 Å². The lowest BCUT2D eigenvalue weighted by Crippen LogP contribution is -2.47. The number of nitrogens with one attached hydrogen (secondary N) is 1. The first-order valence-electron chi connectivity index (χ1n) is 12.7. The Morgan fingerprint density at radius 2 is 1.79 bits per heavy atom. The molecule has 0 aliphatic carbocycles. The normalized spacial score (nSPS) is 15.9. The van der Waals surface area contributed by atoms with Gasteiger partial charge in [-0.2, -0.15) is 0 Å². The molecule has 0 bridgehead atoms. The zero-order valence-corrected chi connectivity index (χ0v) is 23.5. The summed E-state index contributed by atoms with van der Waals surface area (Å²) < 4.78 is 35.0. The number of benzene rings is 2. The molecule has 0 saturated carbocycles. The standard InChI is InChI=1S/C28H31Cl2F2N3O4/c1-28(2,3)35-14-20(26(37)19-11-24(32)22(30)12-25(19)35)27(38)33-16-6-8-34(9-7-16)13-17(36)15-39-18-4-5-21(29)23(31)10-18/h4-5,10-12,14,16-17,36H,6-9,13,15H2,1-3H3,(H,33,38)/t17-/m0/s1. The Labute approximate surface area is 235 Å². The molecule has 11 heteroatoms. The van der Waals surface area contributed by atoms with Gasteiger partial charge in [0.05, 0.1) is 15.6 Å². The number of aliphatic hydroxyl groups is 1. The van der Waals surface area contributed by atoms with Crippen molar-refractivity contribution in [2.45, 2.75) is 51.3 Å². The summed E-state index contributed by atoms with van der Waals surface area (Å²) in [4.78, 5) is 28.4. The molecule has 2 N–H and O–H groups in total. The van der Waals surface area contributed by atoms with E-state index in [1.807, 2.05) is 25.7 Å². The number of amides is 1. The lowest BCUT2D eigenvalue weighted by molar-refractivity contribution is 0.0567. The van der Waals surface area contributed by atoms with Crippen molar-refractivity contribution in [1.29, 1.82) is 0 Å². The minimum absolute atomic E-state index is 0.00263. The number of fused-ring (bicyclic) bond motifs is 1. The van der Waals surface area contributed by atoms with E-state index >= 15 is 0 Å². The largest absolute Gasteiger partial charge is 0.491 e. The highest BCUT2D eigenvalue weighted by molar-refractivity contribution is 6.31. The number of rotatable bonds is 7. The summed E-state index contributed by atoms with van der Waals surface area (Å²) in [5.74, 6) is -1.55. The number of hydrogen-bond donors (Lipinski definition) is 2. The van der Waals surface area contributed by atoms with Crippen LogP contribution in [0.2, 0.25) is 10.0 Å². The van der Waals surface area contributed by atoms with E-state index in [4.69, 9.17) is 27.9 Å². The molecule has 2 aromatic carbocycles. The van der Waals surface area contributed by atoms with E-state index in [9.17, 15) is 23.5 Å². The molecule has 1 aliphatic heterocycles. The molecule has 1 saturated heterocycles. The van der Waals surface area contributed by atoms with Crippen LogP contribution in [-0.2, 0) is 5.54 Å². The van der Waals surface area contributed by atoms with Crippen molar-refractivity contribution in [3.05, 3.63) is 74.0 Å². The molecule has 2 heterocycles. The van der Waals surface area contributed by atoms with E-state index in [0.717, 1.165) is 6.07 Å². The Morgan fingerprint density at radius 3 is 2.44 bits per heavy atom. The molecule has 1 fully saturated rings. The van der Waals surface area contributed by atoms with E-state index in [1.165, 1.54) is 30.5 Å². The number of halogens is 4. The molecular formula is C28H31Cl2F2N3O4. The van der Waals surface area contributed by atoms with E-state index in [0.29, 0.717) is 38.0 Å². The maximum absolute atomic E-state index is 14.2. The summed E-state index contributed by atoms with van der Waals surface area (Å²) in [5.41, 5.74) is -0.667. The molecule has 3 aromatic rings. The quantitative estimate of drug-likeness (QED) is 0.411. The smallest absolute Gasteiger partial charge is 0.256 e. The van der Waals surface area contributed by atoms with E-state index < -0.39 is 34.6 Å². The fourth-order valence-electron chi connectivity index (χ4n) is 4.67. The summed E-state index contributed by atoms with van der Waals surface area (Å²) in [6.07, 6.45) is 1.95. The molecule has 1 atom stereocenters. The number of likely N-dealkylation sites (tertiary alicyclic amines) is 1. The van der Waals surface area contributed by atoms with Gasteiger partial charge in [-0.25, -0.2) is 8.78 Å². The average molecular weight is 582 g/mol. The van der Waals surface area contributed by atoms with Crippen LogP contribution in [0.5, 0.6) is 5.75 Å². The Kier molecular flexibility index (Phi) is 8.85. The highest BCUT2D eigenvalue weighted by atomic mass is 35.5. The van der Waals surface area contributed by atoms with E-state index in [2.05, 4.69) is 5.32 Å². The summed E-state index contributed by atoms with van der Waals surface area (Å²) in [7, 11) is 0. The number of carbonyl (C=O) groups is 1. The topological polar surface area (TPSA) is 83.8 Å². The molecule has 1 aromatic heterocycles. The van der Waals surface area contributed by atoms with Crippen LogP contribution < -0.4 is 15.5 Å². The Hall–Kier alpha value is -2.72. The van der Waals surface area contributed by atoms with Crippen LogP contribution >= 0.6 is 23.2 Å². The van der Waals surface area contributed by atoms with Gasteiger partial charge in [0.25, 0.3) is 5.91 Å². The summed E-state index contributed by atoms with van der Waals surface area (Å²) in [6, 6.07) is 6.41. The third-order valence-electron chi connectivity index (χ3n) is 6.74. The Morgan fingerprint density at radius 1 is 1.13 bits per heavy atom. The fraction of sp³-hybridized carbons (Fsp3) is 0.429. The first-order chi connectivity index (χ1) is 18.3. The van der Waals surface area contributed by atoms with Crippen molar-refractivity contribution in [1.82, 2.24) is 14.8 Å². The van der Waals surface area contributed by atoms with Gasteiger partial charge in [0.15, 0.2) is 0 Å². The van der Waals surface area contributed by atoms with Gasteiger partial charge in [0.2, 0.25) is 5.43 Å². The molecule has 0 radical (unpaired) electrons. The van der Waals surface area contributed by atoms with E-state index in [1.54, 1.807) is 4.57 Å². The van der Waals surface area contributed by atoms with Gasteiger partial charge in [-0.1, -0.05) is 23.2 Å². The van der Waals surface area contributed by atoms with Crippen molar-refractivity contribution in [2.24, 2.45) is 0 Å². The molecule has 7 nitrogen and oxygen atoms in total. The average Bonchev–Trinajstić information content (AvgIpc) is 2.86. The third-order valence-corrected chi connectivity index (χ3v) is 7.33. The monoisotopic (exact) mass is 581 g/mol. The van der Waals surface area contributed by atoms with Crippen LogP contribution in [0, 0.1) is 11.6 Å². The van der Waals surface area contributed by atoms with Crippen LogP contribution in [0.3, 0.4) is 0 Å². The van der Waals surface area contributed by atoms with Crippen molar-refractivity contribution in [3.8, 4) is 5.75 Å². The number of piperidine rings is 1. The number of aromatic nitrogens is 1. The van der Waals surface area contributed by atoms with Gasteiger partial charge in [-0.05, 0) is 57.9 Å². The lowest BCUT2D eigenvalue weighted by Gasteiger charge is -2.33. The number of aliphatic hydroxyl groups excluding tert-OH is 1. The van der Waals surface area contributed by atoms with Crippen LogP contribution in [-0.4, -0.2) is 58.9 Å². The first kappa shape index (κ1) is 29.3. The van der Waals surface area contributed by atoms with Crippen molar-refractivity contribution >= 4 is 40.0 Å². The van der Waals surface area contributed by atoms with Gasteiger partial charge >= 0.3 is 0 Å². The maximum atomic E-state index is 14.2. The van der Waals surface area contributed by atoms with Crippen LogP contribution in [0.1, 0.15) is 44.0 Å². The molecule has 0 spiro atoms. The molecule has 1 aliphatic rings. The van der Waals surface area contributed by atoms with Gasteiger partial charge < -0.3 is 24.6 Å². The van der Waals surface area contributed by atoms with Crippen molar-refractivity contribution in [3.63, 3.8) is 0 Å². The lowest BCUT2D eigenvalue weighted by atomic mass is 10.0. The minimum atomic E-state index is -0.794. The molecule has 39 heavy (non-hydrogen) atoms. The Balaban J connectivity index is 1.37. The Bertz CT molecular complexity index is 1430. The fourth-order valence-corrected chi connectivity index (χ4v) is 4.94. The number of carbonyl (C=O) groups excluding carboxylic acids is 1. The molecule has 1 amide bonds. The van der Waals surface area contributed by atoms with Gasteiger partial charge in [-0.15, -0.1) is 0 Å². The highest BCUT2D eigenvalue weighted by Gasteiger charge is 2.26. The highest BCUT2D eigenvalue weighted by Crippen LogP contribution is 2.26. The van der Waals surface area contributed by atoms with E-state index in [-0.39, 0.29) is 39.4 Å². The summed E-state index contributed by atoms with van der Waals surface area (Å²) in [6.45, 7) is 7.32. The molecule has 4 rings (SSSR count). The first-order valence-corrected chi connectivity index (χ1v) is 13.4. The number of nitrogens with zero attached hydrogens (tertiary/aromatic N) is 2. The van der Waals surface area contributed by atoms with Crippen LogP contribution in [0.15, 0.2) is 41.3 Å². The number of β-amino-alcohol motifs (C(OH)–C–C–N with tert-alkyl or cyclic N) is 1. The van der Waals surface area contributed by atoms with Crippen molar-refractivity contribution in [2.75, 3.05) is 26.2 Å². The second-order valence-electron chi connectivity index (χ2n) is 10.8. The zero-order chi connectivity index (χ0) is 28.5. The third kappa shape index (κ3) is 6.90. The predicted molar refractivity (Wildman–Crippen MR) is 148 cm³/mol. The summed E-state index contributed by atoms with van der Waals surface area (Å²) >= 11 is 11.6.